The summed E-state index contributed by atoms with van der Waals surface area (Å²) < 4.78 is 24.2. The second kappa shape index (κ2) is 7.37. The van der Waals surface area contributed by atoms with Crippen molar-refractivity contribution >= 4 is 9.84 Å². The second-order valence-corrected chi connectivity index (χ2v) is 7.63. The fraction of sp³-hybridized carbons (Fsp3) is 1.00. The van der Waals surface area contributed by atoms with Gasteiger partial charge in [0.2, 0.25) is 0 Å². The average Bonchev–Trinajstić information content (AvgIpc) is 2.30. The predicted octanol–water partition coefficient (Wildman–Crippen LogP) is 2.51. The quantitative estimate of drug-likeness (QED) is 0.766. The smallest absolute Gasteiger partial charge is 0.153 e. The van der Waals surface area contributed by atoms with Gasteiger partial charge in [-0.15, -0.1) is 0 Å². The summed E-state index contributed by atoms with van der Waals surface area (Å²) in [4.78, 5) is 0. The van der Waals surface area contributed by atoms with Crippen molar-refractivity contribution in [3.8, 4) is 0 Å². The molecule has 1 saturated carbocycles. The number of rotatable bonds is 7. The maximum Gasteiger partial charge on any atom is 0.153 e. The van der Waals surface area contributed by atoms with Crippen LogP contribution in [-0.4, -0.2) is 32.0 Å². The Kier molecular flexibility index (Phi) is 6.49. The molecule has 0 aliphatic heterocycles. The third-order valence-electron chi connectivity index (χ3n) is 3.68. The summed E-state index contributed by atoms with van der Waals surface area (Å²) >= 11 is 0. The van der Waals surface area contributed by atoms with Crippen molar-refractivity contribution in [1.29, 1.82) is 0 Å². The average molecular weight is 261 g/mol. The Hall–Kier alpha value is -0.0900. The van der Waals surface area contributed by atoms with Gasteiger partial charge < -0.3 is 5.32 Å². The molecule has 0 bridgehead atoms. The van der Waals surface area contributed by atoms with E-state index in [2.05, 4.69) is 19.2 Å². The molecule has 4 heteroatoms. The van der Waals surface area contributed by atoms with E-state index in [1.807, 2.05) is 0 Å². The molecule has 0 heterocycles. The maximum atomic E-state index is 12.1. The molecule has 102 valence electrons. The number of hydrogen-bond donors (Lipinski definition) is 1. The fourth-order valence-electron chi connectivity index (χ4n) is 2.63. The van der Waals surface area contributed by atoms with Crippen molar-refractivity contribution in [2.24, 2.45) is 0 Å². The summed E-state index contributed by atoms with van der Waals surface area (Å²) in [5.41, 5.74) is 0. The first-order valence-electron chi connectivity index (χ1n) is 7.01. The topological polar surface area (TPSA) is 46.2 Å². The molecule has 0 radical (unpaired) electrons. The van der Waals surface area contributed by atoms with E-state index in [0.717, 1.165) is 45.1 Å². The predicted molar refractivity (Wildman–Crippen MR) is 73.0 cm³/mol. The van der Waals surface area contributed by atoms with Crippen LogP contribution in [0.25, 0.3) is 0 Å². The van der Waals surface area contributed by atoms with Crippen LogP contribution < -0.4 is 5.32 Å². The van der Waals surface area contributed by atoms with Gasteiger partial charge in [-0.3, -0.25) is 0 Å². The highest BCUT2D eigenvalue weighted by Crippen LogP contribution is 2.24. The van der Waals surface area contributed by atoms with Gasteiger partial charge in [0.25, 0.3) is 0 Å². The van der Waals surface area contributed by atoms with E-state index in [-0.39, 0.29) is 5.25 Å². The Morgan fingerprint density at radius 2 is 1.88 bits per heavy atom. The van der Waals surface area contributed by atoms with Gasteiger partial charge in [0.05, 0.1) is 11.0 Å². The Labute approximate surface area is 106 Å². The van der Waals surface area contributed by atoms with Crippen LogP contribution in [0.4, 0.5) is 0 Å². The van der Waals surface area contributed by atoms with E-state index in [9.17, 15) is 8.42 Å². The Morgan fingerprint density at radius 1 is 1.24 bits per heavy atom. The largest absolute Gasteiger partial charge is 0.315 e. The molecule has 1 rings (SSSR count). The molecule has 3 nitrogen and oxygen atoms in total. The van der Waals surface area contributed by atoms with Crippen LogP contribution in [0.2, 0.25) is 0 Å². The number of sulfone groups is 1. The van der Waals surface area contributed by atoms with Crippen LogP contribution in [0.15, 0.2) is 0 Å². The van der Waals surface area contributed by atoms with E-state index in [1.165, 1.54) is 6.42 Å². The van der Waals surface area contributed by atoms with E-state index in [1.54, 1.807) is 0 Å². The van der Waals surface area contributed by atoms with E-state index >= 15 is 0 Å². The second-order valence-electron chi connectivity index (χ2n) is 5.23. The molecular formula is C13H27NO2S. The molecule has 1 fully saturated rings. The molecule has 1 aliphatic rings. The van der Waals surface area contributed by atoms with Gasteiger partial charge in [-0.05, 0) is 39.2 Å². The van der Waals surface area contributed by atoms with Gasteiger partial charge in [-0.25, -0.2) is 8.42 Å². The van der Waals surface area contributed by atoms with Gasteiger partial charge in [-0.2, -0.15) is 0 Å². The summed E-state index contributed by atoms with van der Waals surface area (Å²) in [6, 6.07) is 0.432. The zero-order valence-corrected chi connectivity index (χ0v) is 12.1. The van der Waals surface area contributed by atoms with Crippen LogP contribution in [0.5, 0.6) is 0 Å². The highest BCUT2D eigenvalue weighted by atomic mass is 32.2. The first-order chi connectivity index (χ1) is 8.06. The van der Waals surface area contributed by atoms with Crippen molar-refractivity contribution in [3.63, 3.8) is 0 Å². The summed E-state index contributed by atoms with van der Waals surface area (Å²) in [5.74, 6) is 0.382. The molecule has 1 atom stereocenters. The third kappa shape index (κ3) is 5.38. The Bertz CT molecular complexity index is 295. The molecule has 1 aliphatic carbocycles. The van der Waals surface area contributed by atoms with Gasteiger partial charge in [-0.1, -0.05) is 26.2 Å². The molecule has 1 unspecified atom stereocenters. The van der Waals surface area contributed by atoms with Gasteiger partial charge in [0.15, 0.2) is 9.84 Å². The number of nitrogens with one attached hydrogen (secondary N) is 1. The Balaban J connectivity index is 2.29. The van der Waals surface area contributed by atoms with Crippen molar-refractivity contribution in [2.45, 2.75) is 70.1 Å². The monoisotopic (exact) mass is 261 g/mol. The zero-order chi connectivity index (χ0) is 12.7. The summed E-state index contributed by atoms with van der Waals surface area (Å²) in [6.07, 6.45) is 6.95. The zero-order valence-electron chi connectivity index (χ0n) is 11.2. The lowest BCUT2D eigenvalue weighted by Crippen LogP contribution is -2.29. The highest BCUT2D eigenvalue weighted by molar-refractivity contribution is 7.92. The molecule has 0 amide bonds. The van der Waals surface area contributed by atoms with E-state index < -0.39 is 9.84 Å². The summed E-state index contributed by atoms with van der Waals surface area (Å²) in [6.45, 7) is 5.16. The minimum Gasteiger partial charge on any atom is -0.315 e. The standard InChI is InChI=1S/C13H27NO2S/c1-3-14-12(2)8-7-11-17(15,16)13-9-5-4-6-10-13/h12-14H,3-11H2,1-2H3. The molecule has 0 saturated heterocycles. The molecule has 0 aromatic carbocycles. The number of hydrogen-bond acceptors (Lipinski definition) is 3. The van der Waals surface area contributed by atoms with Crippen LogP contribution >= 0.6 is 0 Å². The van der Waals surface area contributed by atoms with Crippen LogP contribution in [0.1, 0.15) is 58.8 Å². The molecule has 1 N–H and O–H groups in total. The lowest BCUT2D eigenvalue weighted by molar-refractivity contribution is 0.479. The minimum absolute atomic E-state index is 0.0364. The summed E-state index contributed by atoms with van der Waals surface area (Å²) in [5, 5.41) is 3.28. The molecule has 17 heavy (non-hydrogen) atoms. The van der Waals surface area contributed by atoms with Gasteiger partial charge in [0, 0.05) is 6.04 Å². The molecule has 0 aromatic heterocycles. The first-order valence-corrected chi connectivity index (χ1v) is 8.72. The SMILES string of the molecule is CCNC(C)CCCS(=O)(=O)C1CCCCC1. The van der Waals surface area contributed by atoms with Crippen LogP contribution in [0, 0.1) is 0 Å². The summed E-state index contributed by atoms with van der Waals surface area (Å²) in [7, 11) is -2.82. The minimum atomic E-state index is -2.82. The van der Waals surface area contributed by atoms with Crippen molar-refractivity contribution in [2.75, 3.05) is 12.3 Å². The third-order valence-corrected chi connectivity index (χ3v) is 6.02. The first kappa shape index (κ1) is 15.0. The van der Waals surface area contributed by atoms with E-state index in [4.69, 9.17) is 0 Å². The van der Waals surface area contributed by atoms with Gasteiger partial charge >= 0.3 is 0 Å². The van der Waals surface area contributed by atoms with Crippen molar-refractivity contribution in [1.82, 2.24) is 5.32 Å². The lowest BCUT2D eigenvalue weighted by Gasteiger charge is -2.22. The maximum absolute atomic E-state index is 12.1. The molecule has 0 spiro atoms. The van der Waals surface area contributed by atoms with Gasteiger partial charge in [0.1, 0.15) is 0 Å². The van der Waals surface area contributed by atoms with E-state index in [0.29, 0.717) is 11.8 Å². The molecule has 0 aromatic rings. The highest BCUT2D eigenvalue weighted by Gasteiger charge is 2.26. The van der Waals surface area contributed by atoms with Crippen molar-refractivity contribution in [3.05, 3.63) is 0 Å². The van der Waals surface area contributed by atoms with Crippen molar-refractivity contribution < 1.29 is 8.42 Å². The molecular weight excluding hydrogens is 234 g/mol. The lowest BCUT2D eigenvalue weighted by atomic mass is 10.0. The van der Waals surface area contributed by atoms with Crippen LogP contribution in [-0.2, 0) is 9.84 Å². The van der Waals surface area contributed by atoms with Crippen LogP contribution in [0.3, 0.4) is 0 Å². The normalized spacial score (nSPS) is 20.4. The fourth-order valence-corrected chi connectivity index (χ4v) is 4.59. The Morgan fingerprint density at radius 3 is 2.47 bits per heavy atom.